The fraction of sp³-hybridized carbons (Fsp3) is 0.300. The molecule has 76 valence electrons. The molecule has 0 aliphatic rings. The van der Waals surface area contributed by atoms with Crippen LogP contribution in [0.15, 0.2) is 27.3 Å². The van der Waals surface area contributed by atoms with Crippen molar-refractivity contribution in [3.05, 3.63) is 24.3 Å². The number of hydrogen-bond acceptors (Lipinski definition) is 5. The van der Waals surface area contributed by atoms with Crippen LogP contribution in [0.3, 0.4) is 0 Å². The third-order valence-corrected chi connectivity index (χ3v) is 1.89. The third-order valence-electron chi connectivity index (χ3n) is 1.89. The molecular weight excluding hydrogens is 194 g/mol. The van der Waals surface area contributed by atoms with Crippen LogP contribution in [0.4, 0.5) is 0 Å². The van der Waals surface area contributed by atoms with Crippen LogP contribution in [0.5, 0.6) is 0 Å². The van der Waals surface area contributed by atoms with Gasteiger partial charge in [0.05, 0.1) is 12.3 Å². The number of unbranched alkanes of at least 4 members (excludes halogenated alkanes) is 1. The third kappa shape index (κ3) is 2.23. The summed E-state index contributed by atoms with van der Waals surface area (Å²) in [5, 5.41) is 12.1. The molecule has 0 fully saturated rings. The zero-order valence-electron chi connectivity index (χ0n) is 8.01. The second-order valence-electron chi connectivity index (χ2n) is 3.00. The van der Waals surface area contributed by atoms with Crippen LogP contribution >= 0.6 is 0 Å². The van der Waals surface area contributed by atoms with Crippen LogP contribution in [0.2, 0.25) is 0 Å². The van der Waals surface area contributed by atoms with Crippen LogP contribution < -0.4 is 0 Å². The highest BCUT2D eigenvalue weighted by Gasteiger charge is 2.09. The van der Waals surface area contributed by atoms with Crippen molar-refractivity contribution < 1.29 is 8.94 Å². The summed E-state index contributed by atoms with van der Waals surface area (Å²) in [6.45, 7) is 0. The van der Waals surface area contributed by atoms with Crippen molar-refractivity contribution >= 4 is 0 Å². The number of furan rings is 1. The van der Waals surface area contributed by atoms with E-state index in [-0.39, 0.29) is 0 Å². The molecule has 5 nitrogen and oxygen atoms in total. The zero-order chi connectivity index (χ0) is 10.5. The summed E-state index contributed by atoms with van der Waals surface area (Å²) in [6.07, 6.45) is 3.41. The highest BCUT2D eigenvalue weighted by Crippen LogP contribution is 2.16. The molecule has 0 unspecified atom stereocenters. The van der Waals surface area contributed by atoms with Crippen molar-refractivity contribution in [2.45, 2.75) is 19.3 Å². The average molecular weight is 203 g/mol. The van der Waals surface area contributed by atoms with E-state index in [1.165, 1.54) is 0 Å². The Labute approximate surface area is 86.3 Å². The highest BCUT2D eigenvalue weighted by atomic mass is 16.5. The normalized spacial score (nSPS) is 10.1. The molecule has 0 amide bonds. The lowest BCUT2D eigenvalue weighted by atomic mass is 10.2. The molecule has 2 aromatic heterocycles. The molecule has 0 aliphatic heterocycles. The smallest absolute Gasteiger partial charge is 0.238 e. The second kappa shape index (κ2) is 4.42. The van der Waals surface area contributed by atoms with Crippen LogP contribution in [0.1, 0.15) is 18.7 Å². The first kappa shape index (κ1) is 9.46. The van der Waals surface area contributed by atoms with E-state index in [0.717, 1.165) is 6.42 Å². The van der Waals surface area contributed by atoms with E-state index in [4.69, 9.17) is 14.2 Å². The molecule has 0 bridgehead atoms. The summed E-state index contributed by atoms with van der Waals surface area (Å²) in [7, 11) is 0. The summed E-state index contributed by atoms with van der Waals surface area (Å²) in [5.74, 6) is 1.58. The van der Waals surface area contributed by atoms with Gasteiger partial charge in [-0.1, -0.05) is 5.16 Å². The van der Waals surface area contributed by atoms with Crippen molar-refractivity contribution in [2.24, 2.45) is 0 Å². The molecule has 0 spiro atoms. The molecule has 0 saturated carbocycles. The van der Waals surface area contributed by atoms with Crippen LogP contribution in [0, 0.1) is 11.3 Å². The number of aryl methyl sites for hydroxylation is 1. The predicted molar refractivity (Wildman–Crippen MR) is 50.6 cm³/mol. The topological polar surface area (TPSA) is 75.8 Å². The lowest BCUT2D eigenvalue weighted by Gasteiger charge is -1.86. The summed E-state index contributed by atoms with van der Waals surface area (Å²) < 4.78 is 10.1. The molecular formula is C10H9N3O2. The van der Waals surface area contributed by atoms with Gasteiger partial charge in [0.25, 0.3) is 0 Å². The van der Waals surface area contributed by atoms with E-state index in [2.05, 4.69) is 16.2 Å². The second-order valence-corrected chi connectivity index (χ2v) is 3.00. The quantitative estimate of drug-likeness (QED) is 0.712. The summed E-state index contributed by atoms with van der Waals surface area (Å²) in [6, 6.07) is 5.60. The maximum Gasteiger partial charge on any atom is 0.238 e. The van der Waals surface area contributed by atoms with Crippen LogP contribution in [-0.2, 0) is 6.42 Å². The molecule has 15 heavy (non-hydrogen) atoms. The fourth-order valence-electron chi connectivity index (χ4n) is 1.18. The summed E-state index contributed by atoms with van der Waals surface area (Å²) >= 11 is 0. The van der Waals surface area contributed by atoms with E-state index in [0.29, 0.717) is 30.3 Å². The Morgan fingerprint density at radius 2 is 2.40 bits per heavy atom. The van der Waals surface area contributed by atoms with E-state index >= 15 is 0 Å². The Bertz CT molecular complexity index is 453. The lowest BCUT2D eigenvalue weighted by molar-refractivity contribution is 0.375. The standard InChI is InChI=1S/C10H9N3O2/c11-6-2-1-5-9-12-10(13-15-9)8-4-3-7-14-8/h3-4,7H,1-2,5H2. The molecule has 2 heterocycles. The van der Waals surface area contributed by atoms with Crippen molar-refractivity contribution in [3.8, 4) is 17.7 Å². The van der Waals surface area contributed by atoms with Gasteiger partial charge in [-0.05, 0) is 18.6 Å². The number of rotatable bonds is 4. The number of aromatic nitrogens is 2. The molecule has 2 rings (SSSR count). The molecule has 0 aliphatic carbocycles. The highest BCUT2D eigenvalue weighted by molar-refractivity contribution is 5.44. The van der Waals surface area contributed by atoms with Gasteiger partial charge < -0.3 is 8.94 Å². The monoisotopic (exact) mass is 203 g/mol. The van der Waals surface area contributed by atoms with Gasteiger partial charge in [0, 0.05) is 12.8 Å². The molecule has 2 aromatic rings. The Morgan fingerprint density at radius 1 is 1.47 bits per heavy atom. The number of nitriles is 1. The van der Waals surface area contributed by atoms with Gasteiger partial charge in [0.2, 0.25) is 11.7 Å². The van der Waals surface area contributed by atoms with E-state index in [1.807, 2.05) is 0 Å². The minimum Gasteiger partial charge on any atom is -0.461 e. The summed E-state index contributed by atoms with van der Waals surface area (Å²) in [4.78, 5) is 4.14. The predicted octanol–water partition coefficient (Wildman–Crippen LogP) is 2.18. The van der Waals surface area contributed by atoms with Crippen molar-refractivity contribution in [3.63, 3.8) is 0 Å². The molecule has 0 N–H and O–H groups in total. The fourth-order valence-corrected chi connectivity index (χ4v) is 1.18. The zero-order valence-corrected chi connectivity index (χ0v) is 8.01. The molecule has 5 heteroatoms. The van der Waals surface area contributed by atoms with Gasteiger partial charge >= 0.3 is 0 Å². The van der Waals surface area contributed by atoms with E-state index < -0.39 is 0 Å². The molecule has 0 saturated heterocycles. The maximum atomic E-state index is 8.37. The Balaban J connectivity index is 2.02. The maximum absolute atomic E-state index is 8.37. The minimum absolute atomic E-state index is 0.451. The van der Waals surface area contributed by atoms with Crippen LogP contribution in [-0.4, -0.2) is 10.1 Å². The molecule has 0 atom stereocenters. The van der Waals surface area contributed by atoms with Crippen molar-refractivity contribution in [1.29, 1.82) is 5.26 Å². The largest absolute Gasteiger partial charge is 0.461 e. The van der Waals surface area contributed by atoms with Gasteiger partial charge in [0.1, 0.15) is 0 Å². The van der Waals surface area contributed by atoms with Gasteiger partial charge in [-0.2, -0.15) is 10.2 Å². The Morgan fingerprint density at radius 3 is 3.13 bits per heavy atom. The molecule has 0 aromatic carbocycles. The van der Waals surface area contributed by atoms with Crippen LogP contribution in [0.25, 0.3) is 11.6 Å². The number of nitrogens with zero attached hydrogens (tertiary/aromatic N) is 3. The van der Waals surface area contributed by atoms with Gasteiger partial charge in [0.15, 0.2) is 5.76 Å². The van der Waals surface area contributed by atoms with Gasteiger partial charge in [-0.3, -0.25) is 0 Å². The first-order valence-corrected chi connectivity index (χ1v) is 4.63. The number of hydrogen-bond donors (Lipinski definition) is 0. The van der Waals surface area contributed by atoms with E-state index in [9.17, 15) is 0 Å². The van der Waals surface area contributed by atoms with Gasteiger partial charge in [-0.25, -0.2) is 0 Å². The van der Waals surface area contributed by atoms with Crippen molar-refractivity contribution in [2.75, 3.05) is 0 Å². The van der Waals surface area contributed by atoms with Gasteiger partial charge in [-0.15, -0.1) is 0 Å². The Hall–Kier alpha value is -2.09. The van der Waals surface area contributed by atoms with Crippen molar-refractivity contribution in [1.82, 2.24) is 10.1 Å². The Kier molecular flexibility index (Phi) is 2.79. The van der Waals surface area contributed by atoms with E-state index in [1.54, 1.807) is 18.4 Å². The SMILES string of the molecule is N#CCCCc1nc(-c2ccco2)no1. The first-order chi connectivity index (χ1) is 7.40. The average Bonchev–Trinajstić information content (AvgIpc) is 2.87. The summed E-state index contributed by atoms with van der Waals surface area (Å²) in [5.41, 5.74) is 0. The lowest BCUT2D eigenvalue weighted by Crippen LogP contribution is -1.84. The minimum atomic E-state index is 0.451. The first-order valence-electron chi connectivity index (χ1n) is 4.63. The molecule has 0 radical (unpaired) electrons.